The molecule has 1 aliphatic rings. The fourth-order valence-corrected chi connectivity index (χ4v) is 3.91. The first-order valence-electron chi connectivity index (χ1n) is 11.9. The van der Waals surface area contributed by atoms with Crippen molar-refractivity contribution in [3.8, 4) is 0 Å². The van der Waals surface area contributed by atoms with Gasteiger partial charge in [0.15, 0.2) is 0 Å². The first-order chi connectivity index (χ1) is 17.5. The number of aliphatic carboxylic acids is 3. The molecule has 14 heteroatoms. The lowest BCUT2D eigenvalue weighted by atomic mass is 10.1. The van der Waals surface area contributed by atoms with Gasteiger partial charge in [0.1, 0.15) is 0 Å². The van der Waals surface area contributed by atoms with Crippen molar-refractivity contribution in [2.75, 3.05) is 59.0 Å². The number of nitrogens with one attached hydrogen (secondary N) is 1. The van der Waals surface area contributed by atoms with E-state index >= 15 is 0 Å². The third-order valence-electron chi connectivity index (χ3n) is 5.78. The maximum atomic E-state index is 12.2. The number of aliphatic hydroxyl groups is 2. The van der Waals surface area contributed by atoms with Crippen LogP contribution < -0.4 is 20.6 Å². The van der Waals surface area contributed by atoms with E-state index in [9.17, 15) is 39.6 Å². The summed E-state index contributed by atoms with van der Waals surface area (Å²) in [5, 5.41) is 54.6. The van der Waals surface area contributed by atoms with Crippen molar-refractivity contribution in [3.05, 3.63) is 29.1 Å². The molecule has 0 aliphatic carbocycles. The molecule has 14 nitrogen and oxygen atoms in total. The highest BCUT2D eigenvalue weighted by Crippen LogP contribution is 2.16. The summed E-state index contributed by atoms with van der Waals surface area (Å²) >= 11 is 0. The number of hydrogen-bond acceptors (Lipinski definition) is 13. The summed E-state index contributed by atoms with van der Waals surface area (Å²) in [5.74, 6) is -4.29. The molecule has 1 aromatic heterocycles. The number of aryl methyl sites for hydroxylation is 1. The van der Waals surface area contributed by atoms with E-state index in [1.54, 1.807) is 21.9 Å². The molecule has 2 heterocycles. The molecular formula is C23H32N5O9-3. The Hall–Kier alpha value is -3.17. The molecule has 1 atom stereocenters. The van der Waals surface area contributed by atoms with Crippen molar-refractivity contribution in [2.24, 2.45) is 0 Å². The Labute approximate surface area is 214 Å². The molecule has 0 spiro atoms. The highest BCUT2D eigenvalue weighted by atomic mass is 16.4. The molecule has 0 saturated heterocycles. The predicted molar refractivity (Wildman–Crippen MR) is 121 cm³/mol. The Bertz CT molecular complexity index is 945. The van der Waals surface area contributed by atoms with E-state index < -0.39 is 50.3 Å². The molecule has 1 aromatic rings. The second-order valence-electron chi connectivity index (χ2n) is 8.86. The fraction of sp³-hybridized carbons (Fsp3) is 0.609. The van der Waals surface area contributed by atoms with E-state index in [2.05, 4.69) is 10.3 Å². The number of hydrogen-bond donors (Lipinski definition) is 3. The second kappa shape index (κ2) is 15.2. The van der Waals surface area contributed by atoms with Gasteiger partial charge in [-0.3, -0.25) is 24.5 Å². The maximum Gasteiger partial charge on any atom is 0.220 e. The number of carboxylic acids is 3. The highest BCUT2D eigenvalue weighted by Gasteiger charge is 2.19. The van der Waals surface area contributed by atoms with E-state index in [0.717, 1.165) is 0 Å². The van der Waals surface area contributed by atoms with E-state index in [1.807, 2.05) is 0 Å². The van der Waals surface area contributed by atoms with Crippen LogP contribution in [-0.2, 0) is 38.7 Å². The van der Waals surface area contributed by atoms with Crippen LogP contribution >= 0.6 is 0 Å². The normalized spacial score (nSPS) is 16.8. The van der Waals surface area contributed by atoms with Crippen LogP contribution in [-0.4, -0.2) is 119 Å². The third-order valence-corrected chi connectivity index (χ3v) is 5.78. The smallest absolute Gasteiger partial charge is 0.220 e. The lowest BCUT2D eigenvalue weighted by molar-refractivity contribution is -0.308. The maximum absolute atomic E-state index is 12.2. The average molecular weight is 523 g/mol. The minimum absolute atomic E-state index is 0.0445. The summed E-state index contributed by atoms with van der Waals surface area (Å²) in [6.45, 7) is -0.900. The largest absolute Gasteiger partial charge is 0.549 e. The van der Waals surface area contributed by atoms with E-state index in [4.69, 9.17) is 5.11 Å². The number of nitrogens with zero attached hydrogens (tertiary/aromatic N) is 4. The van der Waals surface area contributed by atoms with Gasteiger partial charge in [0.25, 0.3) is 0 Å². The predicted octanol–water partition coefficient (Wildman–Crippen LogP) is -6.35. The molecule has 2 rings (SSSR count). The molecule has 1 unspecified atom stereocenters. The van der Waals surface area contributed by atoms with E-state index in [-0.39, 0.29) is 64.6 Å². The number of aliphatic hydroxyl groups excluding tert-OH is 2. The van der Waals surface area contributed by atoms with Gasteiger partial charge in [-0.15, -0.1) is 0 Å². The van der Waals surface area contributed by atoms with Gasteiger partial charge in [-0.2, -0.15) is 0 Å². The molecule has 2 bridgehead atoms. The van der Waals surface area contributed by atoms with Gasteiger partial charge in [0.2, 0.25) is 5.91 Å². The Morgan fingerprint density at radius 3 is 2.00 bits per heavy atom. The first-order valence-corrected chi connectivity index (χ1v) is 11.9. The minimum atomic E-state index is -1.32. The van der Waals surface area contributed by atoms with Crippen LogP contribution in [0.4, 0.5) is 0 Å². The quantitative estimate of drug-likeness (QED) is 0.233. The Kier molecular flexibility index (Phi) is 12.3. The number of carbonyl (C=O) groups is 4. The molecule has 0 fully saturated rings. The van der Waals surface area contributed by atoms with Crippen molar-refractivity contribution in [2.45, 2.75) is 32.0 Å². The molecule has 0 saturated carbocycles. The zero-order chi connectivity index (χ0) is 27.4. The molecule has 1 aliphatic heterocycles. The number of aromatic nitrogens is 1. The zero-order valence-electron chi connectivity index (χ0n) is 20.5. The molecule has 1 amide bonds. The summed E-state index contributed by atoms with van der Waals surface area (Å²) in [6, 6.07) is 3.43. The fourth-order valence-electron chi connectivity index (χ4n) is 3.91. The summed E-state index contributed by atoms with van der Waals surface area (Å²) < 4.78 is 0. The summed E-state index contributed by atoms with van der Waals surface area (Å²) in [7, 11) is 0. The Morgan fingerprint density at radius 2 is 1.43 bits per heavy atom. The number of rotatable bonds is 12. The van der Waals surface area contributed by atoms with Crippen molar-refractivity contribution in [1.29, 1.82) is 0 Å². The number of fused-ring (bicyclic) bond motifs is 2. The van der Waals surface area contributed by atoms with Gasteiger partial charge in [-0.25, -0.2) is 0 Å². The number of amides is 1. The van der Waals surface area contributed by atoms with E-state index in [0.29, 0.717) is 17.0 Å². The first kappa shape index (κ1) is 30.1. The zero-order valence-corrected chi connectivity index (χ0v) is 20.5. The molecule has 0 radical (unpaired) electrons. The van der Waals surface area contributed by atoms with Crippen LogP contribution in [0.3, 0.4) is 0 Å². The lowest BCUT2D eigenvalue weighted by Gasteiger charge is -2.32. The third kappa shape index (κ3) is 11.6. The van der Waals surface area contributed by atoms with Crippen LogP contribution in [0.2, 0.25) is 0 Å². The molecule has 3 N–H and O–H groups in total. The van der Waals surface area contributed by atoms with E-state index in [1.165, 1.54) is 4.90 Å². The topological polar surface area (TPSA) is 213 Å². The van der Waals surface area contributed by atoms with Crippen molar-refractivity contribution < 1.29 is 44.7 Å². The monoisotopic (exact) mass is 522 g/mol. The SMILES string of the molecule is O=C([O-])CN1CCN(CC(=O)[O-])Cc2ccc(CCC(=O)NCC(O)CO)c(n2)CN(CC(=O)[O-])CC1. The van der Waals surface area contributed by atoms with Gasteiger partial charge in [0.05, 0.1) is 42.0 Å². The standard InChI is InChI=1S/C23H35N5O9/c29-15-18(30)9-24-20(31)4-2-16-1-3-17-10-27(13-22(34)35)7-5-26(12-21(32)33)6-8-28(14-23(36)37)11-19(16)25-17/h1,3,18,29-30H,2,4-15H2,(H,24,31)(H,32,33)(H,34,35)(H,36,37)/p-3. The number of pyridine rings is 1. The lowest BCUT2D eigenvalue weighted by Crippen LogP contribution is -2.48. The minimum Gasteiger partial charge on any atom is -0.549 e. The molecule has 37 heavy (non-hydrogen) atoms. The summed E-state index contributed by atoms with van der Waals surface area (Å²) in [4.78, 5) is 55.3. The summed E-state index contributed by atoms with van der Waals surface area (Å²) in [6.07, 6.45) is -0.775. The summed E-state index contributed by atoms with van der Waals surface area (Å²) in [5.41, 5.74) is 1.67. The average Bonchev–Trinajstić information content (AvgIpc) is 2.81. The highest BCUT2D eigenvalue weighted by molar-refractivity contribution is 5.76. The van der Waals surface area contributed by atoms with Gasteiger partial charge < -0.3 is 45.2 Å². The molecule has 0 aromatic carbocycles. The number of carboxylic acid groups (broad SMARTS) is 3. The van der Waals surface area contributed by atoms with Gasteiger partial charge in [-0.05, 0) is 18.1 Å². The van der Waals surface area contributed by atoms with Crippen LogP contribution in [0, 0.1) is 0 Å². The van der Waals surface area contributed by atoms with Gasteiger partial charge in [0, 0.05) is 71.9 Å². The Morgan fingerprint density at radius 1 is 0.892 bits per heavy atom. The molecular weight excluding hydrogens is 490 g/mol. The second-order valence-corrected chi connectivity index (χ2v) is 8.86. The van der Waals surface area contributed by atoms with Crippen molar-refractivity contribution in [1.82, 2.24) is 25.0 Å². The van der Waals surface area contributed by atoms with Crippen molar-refractivity contribution >= 4 is 23.8 Å². The van der Waals surface area contributed by atoms with Crippen LogP contribution in [0.15, 0.2) is 12.1 Å². The van der Waals surface area contributed by atoms with Gasteiger partial charge >= 0.3 is 0 Å². The Balaban J connectivity index is 2.29. The number of carbonyl (C=O) groups excluding carboxylic acids is 4. The van der Waals surface area contributed by atoms with Crippen LogP contribution in [0.1, 0.15) is 23.4 Å². The van der Waals surface area contributed by atoms with Gasteiger partial charge in [-0.1, -0.05) is 6.07 Å². The molecule has 206 valence electrons. The van der Waals surface area contributed by atoms with Crippen LogP contribution in [0.25, 0.3) is 0 Å². The van der Waals surface area contributed by atoms with Crippen molar-refractivity contribution in [3.63, 3.8) is 0 Å². The van der Waals surface area contributed by atoms with Crippen LogP contribution in [0.5, 0.6) is 0 Å².